The molecule has 0 unspecified atom stereocenters. The van der Waals surface area contributed by atoms with Crippen LogP contribution in [0.15, 0.2) is 48.5 Å². The smallest absolute Gasteiger partial charge is 0.227 e. The molecule has 5 heteroatoms. The number of amides is 1. The van der Waals surface area contributed by atoms with Gasteiger partial charge < -0.3 is 14.4 Å². The summed E-state index contributed by atoms with van der Waals surface area (Å²) in [7, 11) is 1.66. The molecule has 5 nitrogen and oxygen atoms in total. The Kier molecular flexibility index (Phi) is 7.60. The van der Waals surface area contributed by atoms with E-state index in [0.29, 0.717) is 12.5 Å². The molecule has 1 fully saturated rings. The highest BCUT2D eigenvalue weighted by Gasteiger charge is 2.26. The van der Waals surface area contributed by atoms with Gasteiger partial charge in [-0.25, -0.2) is 0 Å². The van der Waals surface area contributed by atoms with E-state index in [9.17, 15) is 4.79 Å². The summed E-state index contributed by atoms with van der Waals surface area (Å²) in [6.07, 6.45) is 4.44. The van der Waals surface area contributed by atoms with Crippen molar-refractivity contribution in [3.05, 3.63) is 65.2 Å². The molecule has 0 atom stereocenters. The largest absolute Gasteiger partial charge is 0.497 e. The summed E-state index contributed by atoms with van der Waals surface area (Å²) in [5.74, 6) is 1.04. The summed E-state index contributed by atoms with van der Waals surface area (Å²) >= 11 is 0. The molecular weight excluding hydrogens is 388 g/mol. The van der Waals surface area contributed by atoms with Gasteiger partial charge in [0.25, 0.3) is 0 Å². The van der Waals surface area contributed by atoms with E-state index < -0.39 is 0 Å². The lowest BCUT2D eigenvalue weighted by molar-refractivity contribution is -0.134. The molecule has 0 spiro atoms. The molecule has 1 amide bonds. The Bertz CT molecular complexity index is 846. The molecular formula is C26H34N2O3. The van der Waals surface area contributed by atoms with Crippen LogP contribution in [0.3, 0.4) is 0 Å². The fourth-order valence-electron chi connectivity index (χ4n) is 4.74. The molecule has 2 aromatic rings. The van der Waals surface area contributed by atoms with Gasteiger partial charge in [0.15, 0.2) is 0 Å². The maximum atomic E-state index is 13.3. The molecule has 0 aliphatic carbocycles. The summed E-state index contributed by atoms with van der Waals surface area (Å²) in [5, 5.41) is 0. The van der Waals surface area contributed by atoms with Crippen LogP contribution >= 0.6 is 0 Å². The molecule has 0 radical (unpaired) electrons. The van der Waals surface area contributed by atoms with Crippen molar-refractivity contribution in [2.24, 2.45) is 0 Å². The summed E-state index contributed by atoms with van der Waals surface area (Å²) in [4.78, 5) is 17.9. The first-order valence-electron chi connectivity index (χ1n) is 11.5. The number of hydrogen-bond donors (Lipinski definition) is 0. The molecule has 166 valence electrons. The number of ether oxygens (including phenoxy) is 2. The Balaban J connectivity index is 1.34. The van der Waals surface area contributed by atoms with Gasteiger partial charge >= 0.3 is 0 Å². The third kappa shape index (κ3) is 5.86. The number of hydrogen-bond acceptors (Lipinski definition) is 4. The number of rotatable bonds is 8. The third-order valence-electron chi connectivity index (χ3n) is 6.55. The minimum Gasteiger partial charge on any atom is -0.497 e. The van der Waals surface area contributed by atoms with E-state index in [1.54, 1.807) is 7.11 Å². The Morgan fingerprint density at radius 1 is 1.10 bits per heavy atom. The van der Waals surface area contributed by atoms with Crippen LogP contribution in [0.2, 0.25) is 0 Å². The number of nitrogens with zero attached hydrogens (tertiary/aromatic N) is 2. The molecule has 2 aliphatic rings. The Morgan fingerprint density at radius 2 is 1.84 bits per heavy atom. The number of fused-ring (bicyclic) bond motifs is 1. The molecule has 0 saturated carbocycles. The van der Waals surface area contributed by atoms with E-state index in [1.165, 1.54) is 11.1 Å². The maximum absolute atomic E-state index is 13.3. The highest BCUT2D eigenvalue weighted by molar-refractivity contribution is 5.79. The quantitative estimate of drug-likeness (QED) is 0.651. The fourth-order valence-corrected chi connectivity index (χ4v) is 4.74. The molecule has 0 aromatic heterocycles. The van der Waals surface area contributed by atoms with E-state index in [1.807, 2.05) is 24.3 Å². The lowest BCUT2D eigenvalue weighted by Gasteiger charge is -2.35. The van der Waals surface area contributed by atoms with Crippen LogP contribution in [0, 0.1) is 0 Å². The van der Waals surface area contributed by atoms with Gasteiger partial charge in [0, 0.05) is 45.4 Å². The van der Waals surface area contributed by atoms with Crippen LogP contribution in [0.1, 0.15) is 36.0 Å². The summed E-state index contributed by atoms with van der Waals surface area (Å²) in [6, 6.07) is 16.9. The average Bonchev–Trinajstić information content (AvgIpc) is 2.82. The maximum Gasteiger partial charge on any atom is 0.227 e. The van der Waals surface area contributed by atoms with Crippen molar-refractivity contribution in [3.63, 3.8) is 0 Å². The topological polar surface area (TPSA) is 42.0 Å². The zero-order chi connectivity index (χ0) is 21.5. The van der Waals surface area contributed by atoms with E-state index in [-0.39, 0.29) is 5.91 Å². The second kappa shape index (κ2) is 10.8. The summed E-state index contributed by atoms with van der Waals surface area (Å²) < 4.78 is 10.8. The second-order valence-electron chi connectivity index (χ2n) is 8.60. The normalized spacial score (nSPS) is 17.2. The lowest BCUT2D eigenvalue weighted by Crippen LogP contribution is -2.45. The van der Waals surface area contributed by atoms with Crippen molar-refractivity contribution in [3.8, 4) is 5.75 Å². The average molecular weight is 423 g/mol. The Morgan fingerprint density at radius 3 is 2.58 bits per heavy atom. The van der Waals surface area contributed by atoms with Gasteiger partial charge in [0.1, 0.15) is 5.75 Å². The molecule has 4 rings (SSSR count). The van der Waals surface area contributed by atoms with Gasteiger partial charge in [-0.1, -0.05) is 36.4 Å². The van der Waals surface area contributed by atoms with Crippen LogP contribution in [-0.2, 0) is 28.9 Å². The van der Waals surface area contributed by atoms with Gasteiger partial charge in [0.2, 0.25) is 5.91 Å². The highest BCUT2D eigenvalue weighted by Crippen LogP contribution is 2.20. The molecule has 2 aromatic carbocycles. The zero-order valence-electron chi connectivity index (χ0n) is 18.6. The van der Waals surface area contributed by atoms with Crippen LogP contribution in [0.4, 0.5) is 0 Å². The van der Waals surface area contributed by atoms with Gasteiger partial charge in [-0.05, 0) is 54.5 Å². The van der Waals surface area contributed by atoms with E-state index in [4.69, 9.17) is 9.47 Å². The Labute approximate surface area is 185 Å². The molecule has 2 aliphatic heterocycles. The predicted molar refractivity (Wildman–Crippen MR) is 122 cm³/mol. The third-order valence-corrected chi connectivity index (χ3v) is 6.55. The number of carbonyl (C=O) groups is 1. The molecule has 0 bridgehead atoms. The van der Waals surface area contributed by atoms with E-state index >= 15 is 0 Å². The van der Waals surface area contributed by atoms with Crippen molar-refractivity contribution in [1.29, 1.82) is 0 Å². The molecule has 0 N–H and O–H groups in total. The monoisotopic (exact) mass is 422 g/mol. The first-order valence-corrected chi connectivity index (χ1v) is 11.5. The number of carbonyl (C=O) groups excluding carboxylic acids is 1. The fraction of sp³-hybridized carbons (Fsp3) is 0.500. The Hall–Kier alpha value is -2.37. The standard InChI is InChI=1S/C26H34N2O3/c1-30-25-9-7-21(8-10-25)19-26(29)28(24-12-17-31-18-13-24)15-4-14-27-16-11-22-5-2-3-6-23(22)20-27/h2-3,5-10,24H,4,11-20H2,1H3. The second-order valence-corrected chi connectivity index (χ2v) is 8.60. The van der Waals surface area contributed by atoms with Crippen LogP contribution in [-0.4, -0.2) is 61.7 Å². The minimum atomic E-state index is 0.223. The van der Waals surface area contributed by atoms with Crippen molar-refractivity contribution < 1.29 is 14.3 Å². The van der Waals surface area contributed by atoms with Gasteiger partial charge in [-0.15, -0.1) is 0 Å². The SMILES string of the molecule is COc1ccc(CC(=O)N(CCCN2CCc3ccccc3C2)C2CCOCC2)cc1. The molecule has 31 heavy (non-hydrogen) atoms. The van der Waals surface area contributed by atoms with Crippen molar-refractivity contribution in [2.45, 2.75) is 44.7 Å². The van der Waals surface area contributed by atoms with Crippen LogP contribution < -0.4 is 4.74 Å². The van der Waals surface area contributed by atoms with Crippen LogP contribution in [0.5, 0.6) is 5.75 Å². The minimum absolute atomic E-state index is 0.223. The molecule has 2 heterocycles. The lowest BCUT2D eigenvalue weighted by atomic mass is 10.00. The number of methoxy groups -OCH3 is 1. The van der Waals surface area contributed by atoms with E-state index in [0.717, 1.165) is 76.4 Å². The van der Waals surface area contributed by atoms with Crippen molar-refractivity contribution >= 4 is 5.91 Å². The van der Waals surface area contributed by atoms with E-state index in [2.05, 4.69) is 34.1 Å². The summed E-state index contributed by atoms with van der Waals surface area (Å²) in [5.41, 5.74) is 3.97. The van der Waals surface area contributed by atoms with Gasteiger partial charge in [-0.3, -0.25) is 9.69 Å². The van der Waals surface area contributed by atoms with Gasteiger partial charge in [0.05, 0.1) is 13.5 Å². The van der Waals surface area contributed by atoms with Crippen LogP contribution in [0.25, 0.3) is 0 Å². The van der Waals surface area contributed by atoms with Gasteiger partial charge in [-0.2, -0.15) is 0 Å². The zero-order valence-corrected chi connectivity index (χ0v) is 18.6. The summed E-state index contributed by atoms with van der Waals surface area (Å²) in [6.45, 7) is 5.47. The highest BCUT2D eigenvalue weighted by atomic mass is 16.5. The van der Waals surface area contributed by atoms with Crippen molar-refractivity contribution in [2.75, 3.05) is 40.0 Å². The number of benzene rings is 2. The predicted octanol–water partition coefficient (Wildman–Crippen LogP) is 3.69. The first-order chi connectivity index (χ1) is 15.2. The van der Waals surface area contributed by atoms with Crippen molar-refractivity contribution in [1.82, 2.24) is 9.80 Å². The first kappa shape index (κ1) is 21.8. The molecule has 1 saturated heterocycles.